The first kappa shape index (κ1) is 17.6. The fourth-order valence-electron chi connectivity index (χ4n) is 1.91. The third-order valence-electron chi connectivity index (χ3n) is 3.03. The van der Waals surface area contributed by atoms with E-state index in [4.69, 9.17) is 16.0 Å². The summed E-state index contributed by atoms with van der Waals surface area (Å²) in [5, 5.41) is 0. The molecule has 2 rings (SSSR count). The maximum Gasteiger partial charge on any atom is 0.378 e. The second-order valence-corrected chi connectivity index (χ2v) is 4.62. The number of carbonyl (C=O) groups excluding carboxylic acids is 2. The van der Waals surface area contributed by atoms with Gasteiger partial charge in [-0.1, -0.05) is 12.1 Å². The summed E-state index contributed by atoms with van der Waals surface area (Å²) in [4.78, 5) is 27.7. The number of aromatic nitrogens is 1. The number of carbonyl (C=O) groups is 2. The molecule has 0 aliphatic heterocycles. The highest BCUT2D eigenvalue weighted by Gasteiger charge is 2.20. The first-order chi connectivity index (χ1) is 11.5. The minimum atomic E-state index is -0.919. The lowest BCUT2D eigenvalue weighted by Crippen LogP contribution is -2.34. The van der Waals surface area contributed by atoms with Crippen molar-refractivity contribution in [2.45, 2.75) is 0 Å². The van der Waals surface area contributed by atoms with Crippen molar-refractivity contribution in [1.29, 1.82) is 0 Å². The zero-order chi connectivity index (χ0) is 17.7. The molecule has 0 unspecified atom stereocenters. The van der Waals surface area contributed by atoms with E-state index < -0.39 is 24.2 Å². The van der Waals surface area contributed by atoms with Gasteiger partial charge in [0.15, 0.2) is 5.69 Å². The Morgan fingerprint density at radius 2 is 1.96 bits per heavy atom. The van der Waals surface area contributed by atoms with Crippen LogP contribution in [0.2, 0.25) is 0 Å². The lowest BCUT2D eigenvalue weighted by atomic mass is 10.1. The molecule has 1 amide bonds. The van der Waals surface area contributed by atoms with Crippen LogP contribution in [0.4, 0.5) is 4.39 Å². The number of amides is 1. The zero-order valence-electron chi connectivity index (χ0n) is 12.3. The molecular formula is C14H8B3FN2O4. The average molecular weight is 320 g/mol. The van der Waals surface area contributed by atoms with Crippen LogP contribution in [-0.2, 0) is 9.45 Å². The summed E-state index contributed by atoms with van der Waals surface area (Å²) in [6, 6.07) is 7.13. The molecule has 6 radical (unpaired) electrons. The van der Waals surface area contributed by atoms with E-state index in [-0.39, 0.29) is 11.4 Å². The molecule has 0 bridgehead atoms. The van der Waals surface area contributed by atoms with Crippen LogP contribution in [0.15, 0.2) is 36.5 Å². The molecule has 0 saturated carbocycles. The van der Waals surface area contributed by atoms with Gasteiger partial charge in [0.05, 0.1) is 0 Å². The normalized spacial score (nSPS) is 10.0. The summed E-state index contributed by atoms with van der Waals surface area (Å²) in [7, 11) is 15.3. The number of nitrogens with zero attached hydrogens (tertiary/aromatic N) is 2. The average Bonchev–Trinajstić information content (AvgIpc) is 2.60. The van der Waals surface area contributed by atoms with Crippen molar-refractivity contribution in [3.63, 3.8) is 0 Å². The van der Waals surface area contributed by atoms with Gasteiger partial charge in [-0.05, 0) is 23.8 Å². The van der Waals surface area contributed by atoms with E-state index in [0.29, 0.717) is 15.9 Å². The Kier molecular flexibility index (Phi) is 5.62. The van der Waals surface area contributed by atoms with Crippen LogP contribution in [-0.4, -0.2) is 52.3 Å². The van der Waals surface area contributed by atoms with E-state index in [0.717, 1.165) is 0 Å². The smallest absolute Gasteiger partial charge is 0.378 e. The largest absolute Gasteiger partial charge is 0.566 e. The van der Waals surface area contributed by atoms with Crippen molar-refractivity contribution < 1.29 is 23.3 Å². The molecule has 10 heteroatoms. The predicted octanol–water partition coefficient (Wildman–Crippen LogP) is 0.502. The molecule has 0 fully saturated rings. The molecule has 6 nitrogen and oxygen atoms in total. The van der Waals surface area contributed by atoms with Crippen molar-refractivity contribution >= 4 is 36.0 Å². The highest BCUT2D eigenvalue weighted by Crippen LogP contribution is 2.26. The van der Waals surface area contributed by atoms with Gasteiger partial charge >= 0.3 is 22.1 Å². The summed E-state index contributed by atoms with van der Waals surface area (Å²) in [6.45, 7) is -0.591. The van der Waals surface area contributed by atoms with Crippen molar-refractivity contribution in [2.75, 3.05) is 6.54 Å². The molecule has 0 N–H and O–H groups in total. The summed E-state index contributed by atoms with van der Waals surface area (Å²) in [5.41, 5.74) is 0.748. The van der Waals surface area contributed by atoms with E-state index in [2.05, 4.69) is 22.3 Å². The molecule has 0 atom stereocenters. The SMILES string of the molecule is [B]OC(=O)CN([B])C(=O)c1ncc(-c2cccc(F)c2)cc1O[B]. The molecule has 1 aromatic carbocycles. The molecule has 114 valence electrons. The number of benzene rings is 1. The summed E-state index contributed by atoms with van der Waals surface area (Å²) < 4.78 is 21.9. The van der Waals surface area contributed by atoms with Crippen LogP contribution < -0.4 is 4.65 Å². The number of pyridine rings is 1. The van der Waals surface area contributed by atoms with Crippen LogP contribution in [0.5, 0.6) is 5.75 Å². The highest BCUT2D eigenvalue weighted by molar-refractivity contribution is 6.20. The second-order valence-electron chi connectivity index (χ2n) is 4.62. The molecule has 1 heterocycles. The van der Waals surface area contributed by atoms with E-state index in [1.807, 2.05) is 0 Å². The van der Waals surface area contributed by atoms with Crippen LogP contribution in [0.1, 0.15) is 10.5 Å². The van der Waals surface area contributed by atoms with Gasteiger partial charge in [-0.2, -0.15) is 0 Å². The van der Waals surface area contributed by atoms with Gasteiger partial charge in [-0.15, -0.1) is 0 Å². The third kappa shape index (κ3) is 3.95. The molecule has 0 aliphatic carbocycles. The van der Waals surface area contributed by atoms with Crippen molar-refractivity contribution in [2.24, 2.45) is 0 Å². The first-order valence-electron chi connectivity index (χ1n) is 6.55. The number of rotatable bonds is 5. The maximum atomic E-state index is 13.3. The topological polar surface area (TPSA) is 68.7 Å². The van der Waals surface area contributed by atoms with Crippen molar-refractivity contribution in [3.8, 4) is 16.9 Å². The lowest BCUT2D eigenvalue weighted by Gasteiger charge is -2.18. The summed E-state index contributed by atoms with van der Waals surface area (Å²) in [5.74, 6) is -2.29. The van der Waals surface area contributed by atoms with Crippen LogP contribution >= 0.6 is 0 Å². The van der Waals surface area contributed by atoms with Gasteiger partial charge in [0, 0.05) is 11.8 Å². The Hall–Kier alpha value is -2.77. The van der Waals surface area contributed by atoms with E-state index in [1.54, 1.807) is 6.07 Å². The highest BCUT2D eigenvalue weighted by atomic mass is 19.1. The third-order valence-corrected chi connectivity index (χ3v) is 3.03. The number of hydrogen-bond acceptors (Lipinski definition) is 5. The molecular weight excluding hydrogens is 312 g/mol. The summed E-state index contributed by atoms with van der Waals surface area (Å²) in [6.07, 6.45) is 1.32. The molecule has 0 aliphatic rings. The minimum absolute atomic E-state index is 0.0988. The fourth-order valence-corrected chi connectivity index (χ4v) is 1.91. The zero-order valence-corrected chi connectivity index (χ0v) is 12.3. The lowest BCUT2D eigenvalue weighted by molar-refractivity contribution is -0.133. The predicted molar refractivity (Wildman–Crippen MR) is 84.6 cm³/mol. The second kappa shape index (κ2) is 7.67. The van der Waals surface area contributed by atoms with E-state index >= 15 is 0 Å². The fraction of sp³-hybridized carbons (Fsp3) is 0.0714. The van der Waals surface area contributed by atoms with Crippen LogP contribution in [0, 0.1) is 5.82 Å². The Balaban J connectivity index is 2.32. The monoisotopic (exact) mass is 320 g/mol. The molecule has 0 spiro atoms. The molecule has 24 heavy (non-hydrogen) atoms. The standard InChI is InChI=1S/C14H8B3FN2O4/c15-20(7-12(21)24-17)14(22)13-11(23-16)5-9(6-19-13)8-2-1-3-10(18)4-8/h1-6H,7H2. The number of hydrogen-bond donors (Lipinski definition) is 0. The van der Waals surface area contributed by atoms with Crippen molar-refractivity contribution in [1.82, 2.24) is 9.79 Å². The first-order valence-corrected chi connectivity index (χ1v) is 6.55. The van der Waals surface area contributed by atoms with Crippen LogP contribution in [0.3, 0.4) is 0 Å². The molecule has 2 aromatic rings. The molecule has 0 saturated heterocycles. The summed E-state index contributed by atoms with van der Waals surface area (Å²) >= 11 is 0. The van der Waals surface area contributed by atoms with Crippen LogP contribution in [0.25, 0.3) is 11.1 Å². The maximum absolute atomic E-state index is 13.3. The Morgan fingerprint density at radius 3 is 2.58 bits per heavy atom. The number of halogens is 1. The van der Waals surface area contributed by atoms with Gasteiger partial charge < -0.3 is 14.1 Å². The van der Waals surface area contributed by atoms with E-state index in [1.165, 1.54) is 30.5 Å². The quantitative estimate of drug-likeness (QED) is 0.751. The van der Waals surface area contributed by atoms with Gasteiger partial charge in [-0.3, -0.25) is 9.59 Å². The Labute approximate surface area is 141 Å². The van der Waals surface area contributed by atoms with Gasteiger partial charge in [-0.25, -0.2) is 9.37 Å². The van der Waals surface area contributed by atoms with Crippen molar-refractivity contribution in [3.05, 3.63) is 48.0 Å². The van der Waals surface area contributed by atoms with E-state index in [9.17, 15) is 14.0 Å². The minimum Gasteiger partial charge on any atom is -0.566 e. The Morgan fingerprint density at radius 1 is 1.21 bits per heavy atom. The van der Waals surface area contributed by atoms with Gasteiger partial charge in [0.1, 0.15) is 18.1 Å². The Bertz CT molecular complexity index is 775. The molecule has 1 aromatic heterocycles. The van der Waals surface area contributed by atoms with Gasteiger partial charge in [0.25, 0.3) is 5.91 Å². The van der Waals surface area contributed by atoms with Gasteiger partial charge in [0.2, 0.25) is 7.98 Å².